The Morgan fingerprint density at radius 3 is 2.75 bits per heavy atom. The van der Waals surface area contributed by atoms with E-state index in [9.17, 15) is 12.8 Å². The molecule has 20 heavy (non-hydrogen) atoms. The van der Waals surface area contributed by atoms with Gasteiger partial charge in [0.2, 0.25) is 0 Å². The predicted molar refractivity (Wildman–Crippen MR) is 79.1 cm³/mol. The summed E-state index contributed by atoms with van der Waals surface area (Å²) in [6.45, 7) is 2.38. The summed E-state index contributed by atoms with van der Waals surface area (Å²) in [5.74, 6) is 0.112. The van der Waals surface area contributed by atoms with Crippen molar-refractivity contribution in [2.75, 3.05) is 18.1 Å². The normalized spacial score (nSPS) is 17.1. The molecule has 1 saturated carbocycles. The van der Waals surface area contributed by atoms with Crippen LogP contribution in [0.15, 0.2) is 24.3 Å². The van der Waals surface area contributed by atoms with E-state index >= 15 is 0 Å². The highest BCUT2D eigenvalue weighted by atomic mass is 32.2. The third-order valence-corrected chi connectivity index (χ3v) is 5.50. The molecular weight excluding hydrogens is 277 g/mol. The Bertz CT molecular complexity index is 541. The summed E-state index contributed by atoms with van der Waals surface area (Å²) in [6, 6.07) is 7.05. The largest absolute Gasteiger partial charge is 0.313 e. The zero-order chi connectivity index (χ0) is 14.6. The summed E-state index contributed by atoms with van der Waals surface area (Å²) in [5.41, 5.74) is 0.879. The van der Waals surface area contributed by atoms with E-state index in [4.69, 9.17) is 0 Å². The molecule has 0 spiro atoms. The van der Waals surface area contributed by atoms with Crippen molar-refractivity contribution in [2.45, 2.75) is 38.1 Å². The molecule has 1 aromatic rings. The predicted octanol–water partition coefficient (Wildman–Crippen LogP) is 2.49. The fourth-order valence-electron chi connectivity index (χ4n) is 2.21. The monoisotopic (exact) mass is 299 g/mol. The van der Waals surface area contributed by atoms with Crippen molar-refractivity contribution >= 4 is 9.84 Å². The first-order chi connectivity index (χ1) is 9.50. The summed E-state index contributed by atoms with van der Waals surface area (Å²) < 4.78 is 36.7. The summed E-state index contributed by atoms with van der Waals surface area (Å²) in [7, 11) is -2.98. The minimum atomic E-state index is -2.98. The molecule has 1 aliphatic rings. The molecule has 0 amide bonds. The van der Waals surface area contributed by atoms with Crippen LogP contribution in [0.3, 0.4) is 0 Å². The van der Waals surface area contributed by atoms with Gasteiger partial charge >= 0.3 is 0 Å². The van der Waals surface area contributed by atoms with E-state index in [1.807, 2.05) is 6.07 Å². The van der Waals surface area contributed by atoms with E-state index in [0.717, 1.165) is 5.56 Å². The fourth-order valence-corrected chi connectivity index (χ4v) is 3.14. The van der Waals surface area contributed by atoms with Crippen LogP contribution in [0.25, 0.3) is 0 Å². The second-order valence-electron chi connectivity index (χ2n) is 5.46. The average Bonchev–Trinajstić information content (AvgIpc) is 3.23. The number of nitrogens with one attached hydrogen (secondary N) is 1. The molecular formula is C15H22FNO2S. The molecule has 0 heterocycles. The molecule has 0 bridgehead atoms. The number of halogens is 1. The van der Waals surface area contributed by atoms with Crippen LogP contribution in [0.1, 0.15) is 37.7 Å². The summed E-state index contributed by atoms with van der Waals surface area (Å²) in [4.78, 5) is 0. The van der Waals surface area contributed by atoms with Gasteiger partial charge in [-0.25, -0.2) is 12.8 Å². The highest BCUT2D eigenvalue weighted by molar-refractivity contribution is 7.91. The summed E-state index contributed by atoms with van der Waals surface area (Å²) in [6.07, 6.45) is 2.91. The van der Waals surface area contributed by atoms with Crippen LogP contribution in [-0.2, 0) is 9.84 Å². The lowest BCUT2D eigenvalue weighted by Gasteiger charge is -2.18. The maximum Gasteiger partial charge on any atom is 0.150 e. The van der Waals surface area contributed by atoms with E-state index in [0.29, 0.717) is 19.0 Å². The van der Waals surface area contributed by atoms with Gasteiger partial charge in [-0.15, -0.1) is 0 Å². The van der Waals surface area contributed by atoms with Crippen LogP contribution in [0.4, 0.5) is 4.39 Å². The Hall–Kier alpha value is -0.940. The lowest BCUT2D eigenvalue weighted by molar-refractivity contribution is 0.550. The van der Waals surface area contributed by atoms with Gasteiger partial charge in [0.05, 0.1) is 5.75 Å². The lowest BCUT2D eigenvalue weighted by Crippen LogP contribution is -2.25. The minimum Gasteiger partial charge on any atom is -0.313 e. The third kappa shape index (κ3) is 4.87. The Morgan fingerprint density at radius 2 is 2.15 bits per heavy atom. The molecule has 1 fully saturated rings. The lowest BCUT2D eigenvalue weighted by atomic mass is 9.96. The molecule has 112 valence electrons. The smallest absolute Gasteiger partial charge is 0.150 e. The number of hydrogen-bond donors (Lipinski definition) is 1. The maximum absolute atomic E-state index is 13.3. The van der Waals surface area contributed by atoms with Crippen molar-refractivity contribution in [1.82, 2.24) is 5.32 Å². The minimum absolute atomic E-state index is 0.0487. The van der Waals surface area contributed by atoms with Crippen LogP contribution in [-0.4, -0.2) is 32.5 Å². The highest BCUT2D eigenvalue weighted by Crippen LogP contribution is 2.24. The van der Waals surface area contributed by atoms with Gasteiger partial charge in [-0.3, -0.25) is 0 Å². The quantitative estimate of drug-likeness (QED) is 0.802. The van der Waals surface area contributed by atoms with Gasteiger partial charge in [-0.2, -0.15) is 0 Å². The van der Waals surface area contributed by atoms with Crippen molar-refractivity contribution in [1.29, 1.82) is 0 Å². The molecule has 1 atom stereocenters. The van der Waals surface area contributed by atoms with Gasteiger partial charge < -0.3 is 5.32 Å². The van der Waals surface area contributed by atoms with Crippen LogP contribution >= 0.6 is 0 Å². The molecule has 0 aliphatic heterocycles. The molecule has 1 aliphatic carbocycles. The summed E-state index contributed by atoms with van der Waals surface area (Å²) >= 11 is 0. The molecule has 1 N–H and O–H groups in total. The van der Waals surface area contributed by atoms with Gasteiger partial charge in [0.15, 0.2) is 0 Å². The first-order valence-corrected chi connectivity index (χ1v) is 9.01. The molecule has 5 heteroatoms. The zero-order valence-electron chi connectivity index (χ0n) is 11.8. The van der Waals surface area contributed by atoms with Crippen molar-refractivity contribution in [3.63, 3.8) is 0 Å². The molecule has 0 saturated heterocycles. The highest BCUT2D eigenvalue weighted by Gasteiger charge is 2.23. The van der Waals surface area contributed by atoms with Crippen molar-refractivity contribution in [3.05, 3.63) is 35.6 Å². The number of benzene rings is 1. The third-order valence-electron chi connectivity index (χ3n) is 3.77. The first kappa shape index (κ1) is 15.4. The number of rotatable bonds is 8. The Kier molecular flexibility index (Phi) is 5.16. The Labute approximate surface area is 120 Å². The summed E-state index contributed by atoms with van der Waals surface area (Å²) in [5, 5.41) is 3.41. The first-order valence-electron chi connectivity index (χ1n) is 7.19. The van der Waals surface area contributed by atoms with Crippen LogP contribution in [0.5, 0.6) is 0 Å². The molecule has 0 radical (unpaired) electrons. The molecule has 1 unspecified atom stereocenters. The topological polar surface area (TPSA) is 46.2 Å². The zero-order valence-corrected chi connectivity index (χ0v) is 12.6. The van der Waals surface area contributed by atoms with Gasteiger partial charge in [0.25, 0.3) is 0 Å². The van der Waals surface area contributed by atoms with Gasteiger partial charge in [-0.05, 0) is 42.9 Å². The van der Waals surface area contributed by atoms with Crippen molar-refractivity contribution in [3.8, 4) is 0 Å². The van der Waals surface area contributed by atoms with E-state index < -0.39 is 9.84 Å². The van der Waals surface area contributed by atoms with Crippen LogP contribution < -0.4 is 5.32 Å². The van der Waals surface area contributed by atoms with Crippen molar-refractivity contribution < 1.29 is 12.8 Å². The van der Waals surface area contributed by atoms with Crippen LogP contribution in [0.2, 0.25) is 0 Å². The van der Waals surface area contributed by atoms with Gasteiger partial charge in [0, 0.05) is 18.3 Å². The standard InChI is InChI=1S/C15H22FNO2S/c1-2-20(18,19)9-8-13(11-17-15-6-7-15)12-4-3-5-14(16)10-12/h3-5,10,13,15,17H,2,6-9,11H2,1H3. The number of hydrogen-bond acceptors (Lipinski definition) is 3. The molecule has 2 rings (SSSR count). The second kappa shape index (κ2) is 6.68. The van der Waals surface area contributed by atoms with E-state index in [-0.39, 0.29) is 23.2 Å². The Balaban J connectivity index is 2.03. The van der Waals surface area contributed by atoms with E-state index in [2.05, 4.69) is 5.32 Å². The van der Waals surface area contributed by atoms with Gasteiger partial charge in [0.1, 0.15) is 15.7 Å². The fraction of sp³-hybridized carbons (Fsp3) is 0.600. The Morgan fingerprint density at radius 1 is 1.40 bits per heavy atom. The van der Waals surface area contributed by atoms with E-state index in [1.54, 1.807) is 13.0 Å². The van der Waals surface area contributed by atoms with Crippen molar-refractivity contribution in [2.24, 2.45) is 0 Å². The number of sulfone groups is 1. The molecule has 1 aromatic carbocycles. The van der Waals surface area contributed by atoms with Gasteiger partial charge in [-0.1, -0.05) is 19.1 Å². The van der Waals surface area contributed by atoms with E-state index in [1.165, 1.54) is 25.0 Å². The average molecular weight is 299 g/mol. The molecule has 3 nitrogen and oxygen atoms in total. The second-order valence-corrected chi connectivity index (χ2v) is 7.93. The van der Waals surface area contributed by atoms with Crippen LogP contribution in [0, 0.1) is 5.82 Å². The SMILES string of the molecule is CCS(=O)(=O)CCC(CNC1CC1)c1cccc(F)c1. The maximum atomic E-state index is 13.3. The molecule has 0 aromatic heterocycles.